The summed E-state index contributed by atoms with van der Waals surface area (Å²) < 4.78 is 32.6. The number of rotatable bonds is 42. The molecule has 6 nitrogen and oxygen atoms in total. The number of hydrogen-bond donors (Lipinski definition) is 3. The van der Waals surface area contributed by atoms with Crippen LogP contribution in [0.4, 0.5) is 0 Å². The number of allylic oxidation sites excluding steroid dienone is 3. The van der Waals surface area contributed by atoms with E-state index in [4.69, 9.17) is 0 Å². The van der Waals surface area contributed by atoms with E-state index < -0.39 is 28.0 Å². The Labute approximate surface area is 330 Å². The quantitative estimate of drug-likeness (QED) is 0.0326. The van der Waals surface area contributed by atoms with Crippen molar-refractivity contribution in [2.24, 2.45) is 0 Å². The highest BCUT2D eigenvalue weighted by molar-refractivity contribution is 7.85. The van der Waals surface area contributed by atoms with Gasteiger partial charge in [0, 0.05) is 6.42 Å². The summed E-state index contributed by atoms with van der Waals surface area (Å²) in [5.74, 6) is -0.977. The highest BCUT2D eigenvalue weighted by atomic mass is 32.2. The number of hydrogen-bond acceptors (Lipinski definition) is 4. The summed E-state index contributed by atoms with van der Waals surface area (Å²) in [5, 5.41) is 13.3. The molecule has 53 heavy (non-hydrogen) atoms. The van der Waals surface area contributed by atoms with Crippen LogP contribution in [0.3, 0.4) is 0 Å². The van der Waals surface area contributed by atoms with Crippen molar-refractivity contribution in [2.45, 2.75) is 257 Å². The molecule has 0 saturated carbocycles. The molecule has 2 atom stereocenters. The molecule has 3 N–H and O–H groups in total. The van der Waals surface area contributed by atoms with Crippen molar-refractivity contribution >= 4 is 16.0 Å². The third-order valence-electron chi connectivity index (χ3n) is 10.6. The molecule has 0 bridgehead atoms. The minimum atomic E-state index is -4.34. The molecule has 0 aliphatic carbocycles. The van der Waals surface area contributed by atoms with Gasteiger partial charge in [0.15, 0.2) is 0 Å². The maximum atomic E-state index is 12.5. The van der Waals surface area contributed by atoms with Crippen molar-refractivity contribution in [2.75, 3.05) is 5.75 Å². The second-order valence-corrected chi connectivity index (χ2v) is 17.5. The molecular weight excluding hydrogens is 679 g/mol. The Morgan fingerprint density at radius 2 is 0.792 bits per heavy atom. The first-order valence-corrected chi connectivity index (χ1v) is 24.6. The van der Waals surface area contributed by atoms with Gasteiger partial charge in [-0.05, 0) is 44.9 Å². The Morgan fingerprint density at radius 3 is 1.13 bits per heavy atom. The highest BCUT2D eigenvalue weighted by Gasteiger charge is 2.24. The van der Waals surface area contributed by atoms with E-state index in [1.54, 1.807) is 6.08 Å². The molecular formula is C46H89NO5S. The molecule has 314 valence electrons. The molecule has 0 fully saturated rings. The van der Waals surface area contributed by atoms with Gasteiger partial charge in [0.25, 0.3) is 10.1 Å². The lowest BCUT2D eigenvalue weighted by Crippen LogP contribution is -2.46. The van der Waals surface area contributed by atoms with Crippen LogP contribution in [0, 0.1) is 0 Å². The Balaban J connectivity index is 3.84. The van der Waals surface area contributed by atoms with Gasteiger partial charge >= 0.3 is 0 Å². The first-order valence-electron chi connectivity index (χ1n) is 23.0. The zero-order valence-corrected chi connectivity index (χ0v) is 36.0. The summed E-state index contributed by atoms with van der Waals surface area (Å²) in [5.41, 5.74) is 0. The molecule has 0 aromatic carbocycles. The molecule has 2 unspecified atom stereocenters. The Kier molecular flexibility index (Phi) is 39.6. The van der Waals surface area contributed by atoms with Crippen molar-refractivity contribution < 1.29 is 22.9 Å². The average molecular weight is 768 g/mol. The molecule has 0 rings (SSSR count). The molecule has 0 aliphatic rings. The first kappa shape index (κ1) is 51.8. The predicted octanol–water partition coefficient (Wildman–Crippen LogP) is 13.9. The maximum absolute atomic E-state index is 12.5. The Hall–Kier alpha value is -1.18. The van der Waals surface area contributed by atoms with Gasteiger partial charge in [-0.2, -0.15) is 8.42 Å². The predicted molar refractivity (Wildman–Crippen MR) is 230 cm³/mol. The van der Waals surface area contributed by atoms with E-state index in [1.807, 2.05) is 6.08 Å². The van der Waals surface area contributed by atoms with Crippen LogP contribution in [-0.4, -0.2) is 41.9 Å². The Bertz CT molecular complexity index is 934. The van der Waals surface area contributed by atoms with E-state index >= 15 is 0 Å². The molecule has 0 aliphatic heterocycles. The number of aliphatic hydroxyl groups is 1. The van der Waals surface area contributed by atoms with Crippen LogP contribution < -0.4 is 5.32 Å². The monoisotopic (exact) mass is 768 g/mol. The summed E-state index contributed by atoms with van der Waals surface area (Å²) in [6.07, 6.45) is 51.7. The molecule has 0 aromatic rings. The summed E-state index contributed by atoms with van der Waals surface area (Å²) in [7, 11) is -4.34. The third kappa shape index (κ3) is 41.8. The van der Waals surface area contributed by atoms with E-state index in [9.17, 15) is 22.9 Å². The highest BCUT2D eigenvalue weighted by Crippen LogP contribution is 2.16. The summed E-state index contributed by atoms with van der Waals surface area (Å²) in [6, 6.07) is -1.06. The van der Waals surface area contributed by atoms with E-state index in [-0.39, 0.29) is 5.91 Å². The number of aliphatic hydroxyl groups excluding tert-OH is 1. The summed E-state index contributed by atoms with van der Waals surface area (Å²) in [4.78, 5) is 12.5. The number of nitrogens with one attached hydrogen (secondary N) is 1. The molecule has 0 heterocycles. The summed E-state index contributed by atoms with van der Waals surface area (Å²) >= 11 is 0. The van der Waals surface area contributed by atoms with Crippen molar-refractivity contribution in [3.05, 3.63) is 24.3 Å². The fourth-order valence-electron chi connectivity index (χ4n) is 7.15. The molecule has 1 amide bonds. The maximum Gasteiger partial charge on any atom is 0.267 e. The van der Waals surface area contributed by atoms with Crippen LogP contribution in [0.2, 0.25) is 0 Å². The molecule has 0 aromatic heterocycles. The van der Waals surface area contributed by atoms with Crippen LogP contribution in [0.1, 0.15) is 245 Å². The molecule has 0 radical (unpaired) electrons. The Morgan fingerprint density at radius 1 is 0.491 bits per heavy atom. The molecule has 0 saturated heterocycles. The fraction of sp³-hybridized carbons (Fsp3) is 0.891. The number of carbonyl (C=O) groups is 1. The number of carbonyl (C=O) groups excluding carboxylic acids is 1. The topological polar surface area (TPSA) is 104 Å². The zero-order valence-electron chi connectivity index (χ0n) is 35.2. The van der Waals surface area contributed by atoms with Crippen molar-refractivity contribution in [1.29, 1.82) is 0 Å². The molecule has 7 heteroatoms. The van der Waals surface area contributed by atoms with Gasteiger partial charge in [-0.15, -0.1) is 0 Å². The minimum absolute atomic E-state index is 0.280. The van der Waals surface area contributed by atoms with Gasteiger partial charge in [0.2, 0.25) is 5.91 Å². The van der Waals surface area contributed by atoms with Crippen LogP contribution >= 0.6 is 0 Å². The van der Waals surface area contributed by atoms with Crippen molar-refractivity contribution in [3.63, 3.8) is 0 Å². The third-order valence-corrected chi connectivity index (χ3v) is 11.4. The zero-order chi connectivity index (χ0) is 38.9. The number of unbranched alkanes of at least 4 members (excludes halogenated alkanes) is 32. The fourth-order valence-corrected chi connectivity index (χ4v) is 7.89. The van der Waals surface area contributed by atoms with E-state index in [1.165, 1.54) is 180 Å². The van der Waals surface area contributed by atoms with Gasteiger partial charge in [0.1, 0.15) is 0 Å². The van der Waals surface area contributed by atoms with Crippen molar-refractivity contribution in [3.8, 4) is 0 Å². The second-order valence-electron chi connectivity index (χ2n) is 16.0. The van der Waals surface area contributed by atoms with Gasteiger partial charge in [-0.1, -0.05) is 218 Å². The van der Waals surface area contributed by atoms with Crippen LogP contribution in [-0.2, 0) is 14.9 Å². The van der Waals surface area contributed by atoms with E-state index in [0.717, 1.165) is 44.9 Å². The minimum Gasteiger partial charge on any atom is -0.387 e. The number of amides is 1. The first-order chi connectivity index (χ1) is 25.8. The van der Waals surface area contributed by atoms with Crippen LogP contribution in [0.25, 0.3) is 0 Å². The van der Waals surface area contributed by atoms with Crippen LogP contribution in [0.15, 0.2) is 24.3 Å². The van der Waals surface area contributed by atoms with Gasteiger partial charge in [0.05, 0.1) is 17.9 Å². The standard InChI is InChI=1S/C46H89NO5S/c1-3-5-7-9-11-13-15-17-19-21-22-23-24-26-27-29-31-33-35-37-39-41-45(48)44(43-53(50,51)52)47-46(49)42-40-38-36-34-32-30-28-25-20-18-16-14-12-10-8-6-4-2/h18,20,39,41,44-45,48H,3-17,19,21-38,40,42-43H2,1-2H3,(H,47,49)(H,50,51,52)/b20-18-,41-39+. The smallest absolute Gasteiger partial charge is 0.267 e. The lowest BCUT2D eigenvalue weighted by molar-refractivity contribution is -0.122. The SMILES string of the molecule is CCCCCCCC/C=C\CCCCCCCCCC(=O)NC(CS(=O)(=O)O)C(O)/C=C/CCCCCCCCCCCCCCCCCCCCC. The van der Waals surface area contributed by atoms with Gasteiger partial charge < -0.3 is 10.4 Å². The van der Waals surface area contributed by atoms with Gasteiger partial charge in [-0.25, -0.2) is 0 Å². The lowest BCUT2D eigenvalue weighted by Gasteiger charge is -2.21. The van der Waals surface area contributed by atoms with E-state index in [2.05, 4.69) is 31.3 Å². The van der Waals surface area contributed by atoms with E-state index in [0.29, 0.717) is 6.42 Å². The average Bonchev–Trinajstić information content (AvgIpc) is 3.12. The van der Waals surface area contributed by atoms with Gasteiger partial charge in [-0.3, -0.25) is 9.35 Å². The summed E-state index contributed by atoms with van der Waals surface area (Å²) in [6.45, 7) is 4.54. The normalized spacial score (nSPS) is 13.4. The molecule has 0 spiro atoms. The largest absolute Gasteiger partial charge is 0.387 e. The second kappa shape index (κ2) is 40.5. The lowest BCUT2D eigenvalue weighted by atomic mass is 10.0. The van der Waals surface area contributed by atoms with Crippen LogP contribution in [0.5, 0.6) is 0 Å². The van der Waals surface area contributed by atoms with Crippen molar-refractivity contribution in [1.82, 2.24) is 5.32 Å².